The molecule has 0 bridgehead atoms. The minimum atomic E-state index is -5.39. The molecule has 0 atom stereocenters. The van der Waals surface area contributed by atoms with E-state index in [-0.39, 0.29) is 113 Å². The summed E-state index contributed by atoms with van der Waals surface area (Å²) in [6.45, 7) is 0. The number of phosphoric acid groups is 2. The zero-order valence-electron chi connectivity index (χ0n) is 13.1. The van der Waals surface area contributed by atoms with Gasteiger partial charge < -0.3 is 38.5 Å². The van der Waals surface area contributed by atoms with Crippen LogP contribution < -0.4 is 29.4 Å². The second-order valence-electron chi connectivity index (χ2n) is 3.63. The molecule has 0 fully saturated rings. The van der Waals surface area contributed by atoms with Crippen molar-refractivity contribution in [3.05, 3.63) is 60.7 Å². The molecule has 13 heteroatoms. The summed E-state index contributed by atoms with van der Waals surface area (Å²) in [7, 11) is -10.8. The van der Waals surface area contributed by atoms with Gasteiger partial charge in [0.2, 0.25) is 0 Å². The monoisotopic (exact) mass is 464 g/mol. The fourth-order valence-electron chi connectivity index (χ4n) is 1.26. The van der Waals surface area contributed by atoms with Crippen molar-refractivity contribution in [2.24, 2.45) is 0 Å². The first-order valence-corrected chi connectivity index (χ1v) is 8.45. The Morgan fingerprint density at radius 2 is 0.640 bits per heavy atom. The van der Waals surface area contributed by atoms with E-state index in [9.17, 15) is 0 Å². The van der Waals surface area contributed by atoms with E-state index in [2.05, 4.69) is 48.5 Å². The van der Waals surface area contributed by atoms with E-state index in [0.717, 1.165) is 0 Å². The van der Waals surface area contributed by atoms with Crippen molar-refractivity contribution in [1.29, 1.82) is 0 Å². The Kier molecular flexibility index (Phi) is 25.8. The van der Waals surface area contributed by atoms with E-state index >= 15 is 0 Å². The molecule has 8 nitrogen and oxygen atoms in total. The molecule has 0 saturated heterocycles. The van der Waals surface area contributed by atoms with Gasteiger partial charge in [-0.3, -0.25) is 0 Å². The van der Waals surface area contributed by atoms with Gasteiger partial charge in [0.25, 0.3) is 0 Å². The van der Waals surface area contributed by atoms with Gasteiger partial charge in [0.1, 0.15) is 0 Å². The topological polar surface area (TPSA) is 172 Å². The van der Waals surface area contributed by atoms with Gasteiger partial charge in [-0.15, -0.1) is 0 Å². The van der Waals surface area contributed by atoms with Gasteiger partial charge in [0, 0.05) is 0 Å². The van der Waals surface area contributed by atoms with Crippen LogP contribution >= 0.6 is 15.6 Å². The first-order valence-electron chi connectivity index (χ1n) is 5.53. The SMILES string of the molecule is O=P([O-])([O-])[O-].O=P([O-])([O-])[O-].[Ca+2].[Ca+2].[Ca+2].c1ccc(-c2ccccc2)cc1. The average Bonchev–Trinajstić information content (AvgIpc) is 2.37. The predicted molar refractivity (Wildman–Crippen MR) is 84.4 cm³/mol. The molecule has 0 aromatic heterocycles. The Bertz CT molecular complexity index is 559. The summed E-state index contributed by atoms with van der Waals surface area (Å²) in [5.41, 5.74) is 2.55. The summed E-state index contributed by atoms with van der Waals surface area (Å²) in [6, 6.07) is 20.8. The van der Waals surface area contributed by atoms with Gasteiger partial charge >= 0.3 is 113 Å². The van der Waals surface area contributed by atoms with Crippen LogP contribution in [0.4, 0.5) is 0 Å². The van der Waals surface area contributed by atoms with Crippen LogP contribution in [0.1, 0.15) is 0 Å². The molecule has 0 amide bonds. The summed E-state index contributed by atoms with van der Waals surface area (Å²) >= 11 is 0. The first kappa shape index (κ1) is 34.9. The molecule has 25 heavy (non-hydrogen) atoms. The standard InChI is InChI=1S/C12H10.3Ca.2H3O4P/c1-3-7-11(8-4-1)12-9-5-2-6-10-12;;;;2*1-5(2,3)4/h1-10H;;;;2*(H3,1,2,3,4)/q;3*+2;;/p-6. The van der Waals surface area contributed by atoms with E-state index < -0.39 is 15.6 Å². The summed E-state index contributed by atoms with van der Waals surface area (Å²) in [6.07, 6.45) is 0. The molecule has 0 saturated carbocycles. The van der Waals surface area contributed by atoms with Crippen molar-refractivity contribution >= 4 is 129 Å². The second-order valence-corrected chi connectivity index (χ2v) is 5.42. The maximum Gasteiger partial charge on any atom is 2.00 e. The molecule has 0 radical (unpaired) electrons. The summed E-state index contributed by atoms with van der Waals surface area (Å²) in [4.78, 5) is 51.3. The van der Waals surface area contributed by atoms with Gasteiger partial charge in [-0.1, -0.05) is 60.7 Å². The van der Waals surface area contributed by atoms with Gasteiger partial charge in [-0.05, 0) is 11.1 Å². The molecule has 0 unspecified atom stereocenters. The largest absolute Gasteiger partial charge is 2.00 e. The predicted octanol–water partition coefficient (Wildman–Crippen LogP) is -3.44. The number of hydrogen-bond donors (Lipinski definition) is 0. The minimum Gasteiger partial charge on any atom is -0.822 e. The van der Waals surface area contributed by atoms with Crippen molar-refractivity contribution in [3.63, 3.8) is 0 Å². The summed E-state index contributed by atoms with van der Waals surface area (Å²) in [5, 5.41) is 0. The maximum absolute atomic E-state index is 8.55. The molecule has 0 aliphatic heterocycles. The Labute approximate surface area is 235 Å². The third-order valence-corrected chi connectivity index (χ3v) is 1.88. The Balaban J connectivity index is -0.000000147. The zero-order valence-corrected chi connectivity index (χ0v) is 21.5. The average molecular weight is 464 g/mol. The van der Waals surface area contributed by atoms with Crippen LogP contribution in [0.2, 0.25) is 0 Å². The third kappa shape index (κ3) is 31.4. The van der Waals surface area contributed by atoms with Gasteiger partial charge in [-0.25, -0.2) is 0 Å². The van der Waals surface area contributed by atoms with E-state index in [1.807, 2.05) is 12.1 Å². The van der Waals surface area contributed by atoms with Crippen molar-refractivity contribution in [2.45, 2.75) is 0 Å². The van der Waals surface area contributed by atoms with Gasteiger partial charge in [0.05, 0.1) is 0 Å². The van der Waals surface area contributed by atoms with Crippen molar-refractivity contribution < 1.29 is 38.5 Å². The molecule has 0 heterocycles. The first-order chi connectivity index (χ1) is 9.97. The number of rotatable bonds is 1. The number of hydrogen-bond acceptors (Lipinski definition) is 8. The fraction of sp³-hybridized carbons (Fsp3) is 0. The van der Waals surface area contributed by atoms with Gasteiger partial charge in [-0.2, -0.15) is 15.6 Å². The van der Waals surface area contributed by atoms with Crippen LogP contribution in [0.15, 0.2) is 60.7 Å². The Morgan fingerprint density at radius 3 is 0.800 bits per heavy atom. The van der Waals surface area contributed by atoms with Crippen molar-refractivity contribution in [2.75, 3.05) is 0 Å². The molecule has 2 aromatic rings. The van der Waals surface area contributed by atoms with Crippen LogP contribution in [0, 0.1) is 0 Å². The van der Waals surface area contributed by atoms with Crippen LogP contribution in [0.25, 0.3) is 11.1 Å². The molecule has 0 N–H and O–H groups in total. The van der Waals surface area contributed by atoms with Gasteiger partial charge in [0.15, 0.2) is 0 Å². The van der Waals surface area contributed by atoms with E-state index in [4.69, 9.17) is 38.5 Å². The molecular formula is C12H10Ca3O8P2. The Morgan fingerprint density at radius 1 is 0.480 bits per heavy atom. The molecule has 0 aliphatic carbocycles. The molecular weight excluding hydrogens is 454 g/mol. The van der Waals surface area contributed by atoms with Crippen LogP contribution in [0.3, 0.4) is 0 Å². The molecule has 0 aliphatic rings. The van der Waals surface area contributed by atoms with Crippen molar-refractivity contribution in [3.8, 4) is 11.1 Å². The summed E-state index contributed by atoms with van der Waals surface area (Å²) < 4.78 is 17.1. The van der Waals surface area contributed by atoms with Crippen molar-refractivity contribution in [1.82, 2.24) is 0 Å². The van der Waals surface area contributed by atoms with Crippen LogP contribution in [-0.2, 0) is 9.13 Å². The van der Waals surface area contributed by atoms with E-state index in [1.54, 1.807) is 0 Å². The molecule has 122 valence electrons. The smallest absolute Gasteiger partial charge is 0.822 e. The third-order valence-electron chi connectivity index (χ3n) is 1.88. The number of benzene rings is 2. The molecule has 2 aromatic carbocycles. The minimum absolute atomic E-state index is 0. The van der Waals surface area contributed by atoms with E-state index in [0.29, 0.717) is 0 Å². The van der Waals surface area contributed by atoms with Crippen LogP contribution in [-0.4, -0.2) is 113 Å². The van der Waals surface area contributed by atoms with Crippen LogP contribution in [0.5, 0.6) is 0 Å². The summed E-state index contributed by atoms with van der Waals surface area (Å²) in [5.74, 6) is 0. The fourth-order valence-corrected chi connectivity index (χ4v) is 1.26. The Hall–Kier alpha value is 2.44. The maximum atomic E-state index is 8.55. The zero-order chi connectivity index (χ0) is 17.2. The second kappa shape index (κ2) is 18.5. The molecule has 0 spiro atoms. The molecule has 2 rings (SSSR count). The van der Waals surface area contributed by atoms with E-state index in [1.165, 1.54) is 11.1 Å². The quantitative estimate of drug-likeness (QED) is 0.310. The normalized spacial score (nSPS) is 9.36.